The fourth-order valence-corrected chi connectivity index (χ4v) is 1.31. The van der Waals surface area contributed by atoms with Gasteiger partial charge in [0.25, 0.3) is 0 Å². The van der Waals surface area contributed by atoms with Crippen LogP contribution in [0.1, 0.15) is 5.56 Å². The molecule has 0 spiro atoms. The predicted molar refractivity (Wildman–Crippen MR) is 57.1 cm³/mol. The second-order valence-electron chi connectivity index (χ2n) is 3.17. The lowest BCUT2D eigenvalue weighted by Crippen LogP contribution is -2.19. The third-order valence-corrected chi connectivity index (χ3v) is 1.93. The number of nitrogens with two attached hydrogens (primary N) is 1. The van der Waals surface area contributed by atoms with Crippen LogP contribution in [0.5, 0.6) is 0 Å². The van der Waals surface area contributed by atoms with Gasteiger partial charge >= 0.3 is 6.03 Å². The number of hydrogen-bond donors (Lipinski definition) is 2. The molecule has 7 heteroatoms. The van der Waals surface area contributed by atoms with E-state index >= 15 is 0 Å². The van der Waals surface area contributed by atoms with Crippen molar-refractivity contribution in [3.63, 3.8) is 0 Å². The Hall–Kier alpha value is -2.44. The fourth-order valence-electron chi connectivity index (χ4n) is 1.31. The van der Waals surface area contributed by atoms with Crippen LogP contribution < -0.4 is 11.1 Å². The van der Waals surface area contributed by atoms with Crippen molar-refractivity contribution in [2.75, 3.05) is 5.32 Å². The average Bonchev–Trinajstić information content (AvgIpc) is 2.69. The smallest absolute Gasteiger partial charge is 0.316 e. The Morgan fingerprint density at radius 2 is 2.12 bits per heavy atom. The molecule has 0 atom stereocenters. The highest BCUT2D eigenvalue weighted by atomic mass is 16.2. The van der Waals surface area contributed by atoms with Crippen molar-refractivity contribution < 1.29 is 4.79 Å². The third-order valence-electron chi connectivity index (χ3n) is 1.93. The molecule has 0 aromatic carbocycles. The van der Waals surface area contributed by atoms with Crippen molar-refractivity contribution >= 4 is 11.7 Å². The fraction of sp³-hybridized carbons (Fsp3) is 0.111. The number of aryl methyl sites for hydroxylation is 1. The number of anilines is 1. The van der Waals surface area contributed by atoms with Crippen molar-refractivity contribution in [3.05, 3.63) is 30.2 Å². The summed E-state index contributed by atoms with van der Waals surface area (Å²) in [7, 11) is 0. The molecule has 0 bridgehead atoms. The van der Waals surface area contributed by atoms with Crippen LogP contribution >= 0.6 is 0 Å². The van der Waals surface area contributed by atoms with Gasteiger partial charge in [0.1, 0.15) is 0 Å². The van der Waals surface area contributed by atoms with E-state index in [1.165, 1.54) is 11.0 Å². The molecule has 2 rings (SSSR count). The summed E-state index contributed by atoms with van der Waals surface area (Å²) in [5.74, 6) is 0.611. The molecule has 82 valence electrons. The van der Waals surface area contributed by atoms with Crippen molar-refractivity contribution in [2.45, 2.75) is 6.92 Å². The molecular formula is C9H10N6O. The van der Waals surface area contributed by atoms with E-state index in [-0.39, 0.29) is 0 Å². The molecule has 0 fully saturated rings. The quantitative estimate of drug-likeness (QED) is 0.764. The molecule has 2 amide bonds. The van der Waals surface area contributed by atoms with E-state index in [4.69, 9.17) is 5.73 Å². The number of pyridine rings is 1. The van der Waals surface area contributed by atoms with Crippen LogP contribution in [0.15, 0.2) is 24.7 Å². The molecule has 0 aliphatic carbocycles. The minimum absolute atomic E-state index is 0.543. The average molecular weight is 218 g/mol. The van der Waals surface area contributed by atoms with Crippen LogP contribution in [0.4, 0.5) is 10.5 Å². The Balaban J connectivity index is 2.34. The van der Waals surface area contributed by atoms with Crippen molar-refractivity contribution in [2.24, 2.45) is 5.73 Å². The topological polar surface area (TPSA) is 98.7 Å². The lowest BCUT2D eigenvalue weighted by Gasteiger charge is -2.06. The number of primary amides is 1. The van der Waals surface area contributed by atoms with Gasteiger partial charge in [0, 0.05) is 0 Å². The molecule has 16 heavy (non-hydrogen) atoms. The normalized spacial score (nSPS) is 10.1. The first kappa shape index (κ1) is 10.1. The van der Waals surface area contributed by atoms with Crippen LogP contribution in [-0.2, 0) is 0 Å². The number of carbonyl (C=O) groups is 1. The molecule has 2 aromatic rings. The summed E-state index contributed by atoms with van der Waals surface area (Å²) in [6.45, 7) is 1.85. The van der Waals surface area contributed by atoms with Gasteiger partial charge in [0.15, 0.2) is 5.82 Å². The minimum Gasteiger partial charge on any atom is -0.351 e. The van der Waals surface area contributed by atoms with E-state index < -0.39 is 6.03 Å². The lowest BCUT2D eigenvalue weighted by molar-refractivity contribution is 0.259. The van der Waals surface area contributed by atoms with Crippen molar-refractivity contribution in [1.82, 2.24) is 20.0 Å². The second-order valence-corrected chi connectivity index (χ2v) is 3.17. The number of hydrogen-bond acceptors (Lipinski definition) is 4. The summed E-state index contributed by atoms with van der Waals surface area (Å²) >= 11 is 0. The highest BCUT2D eigenvalue weighted by molar-refractivity contribution is 5.87. The summed E-state index contributed by atoms with van der Waals surface area (Å²) in [5.41, 5.74) is 6.38. The Bertz CT molecular complexity index is 507. The maximum absolute atomic E-state index is 10.6. The maximum Gasteiger partial charge on any atom is 0.316 e. The summed E-state index contributed by atoms with van der Waals surface area (Å²) < 4.78 is 0. The Morgan fingerprint density at radius 1 is 1.44 bits per heavy atom. The number of amides is 2. The second kappa shape index (κ2) is 3.97. The van der Waals surface area contributed by atoms with Gasteiger partial charge < -0.3 is 11.1 Å². The van der Waals surface area contributed by atoms with Gasteiger partial charge in [0.05, 0.1) is 24.3 Å². The zero-order chi connectivity index (χ0) is 11.5. The minimum atomic E-state index is -0.619. The van der Waals surface area contributed by atoms with Crippen LogP contribution in [0.3, 0.4) is 0 Å². The Morgan fingerprint density at radius 3 is 2.69 bits per heavy atom. The molecule has 0 saturated carbocycles. The van der Waals surface area contributed by atoms with Gasteiger partial charge in [0.2, 0.25) is 0 Å². The number of nitrogens with one attached hydrogen (secondary N) is 1. The first-order chi connectivity index (χ1) is 7.66. The van der Waals surface area contributed by atoms with Crippen LogP contribution in [0.2, 0.25) is 0 Å². The van der Waals surface area contributed by atoms with Gasteiger partial charge in [-0.15, -0.1) is 4.80 Å². The lowest BCUT2D eigenvalue weighted by atomic mass is 10.2. The van der Waals surface area contributed by atoms with E-state index in [9.17, 15) is 4.79 Å². The summed E-state index contributed by atoms with van der Waals surface area (Å²) in [5, 5.41) is 10.4. The van der Waals surface area contributed by atoms with Gasteiger partial charge in [-0.05, 0) is 18.6 Å². The maximum atomic E-state index is 10.6. The standard InChI is InChI=1S/C9H10N6O/c1-6-4-7(14-9(10)16)5-11-8(6)15-12-2-3-13-15/h2-5H,1H3,(H3,10,14,16). The molecule has 2 aromatic heterocycles. The summed E-state index contributed by atoms with van der Waals surface area (Å²) in [6, 6.07) is 1.13. The highest BCUT2D eigenvalue weighted by Crippen LogP contribution is 2.13. The first-order valence-corrected chi connectivity index (χ1v) is 4.56. The molecule has 0 aliphatic heterocycles. The van der Waals surface area contributed by atoms with E-state index in [1.807, 2.05) is 6.92 Å². The van der Waals surface area contributed by atoms with Crippen LogP contribution in [0, 0.1) is 6.92 Å². The number of urea groups is 1. The molecule has 0 radical (unpaired) electrons. The third kappa shape index (κ3) is 1.97. The van der Waals surface area contributed by atoms with Crippen molar-refractivity contribution in [3.8, 4) is 5.82 Å². The number of carbonyl (C=O) groups excluding carboxylic acids is 1. The molecule has 0 saturated heterocycles. The zero-order valence-electron chi connectivity index (χ0n) is 8.58. The summed E-state index contributed by atoms with van der Waals surface area (Å²) in [4.78, 5) is 16.2. The van der Waals surface area contributed by atoms with E-state index in [0.717, 1.165) is 5.56 Å². The predicted octanol–water partition coefficient (Wildman–Crippen LogP) is 0.461. The Kier molecular flexibility index (Phi) is 2.50. The first-order valence-electron chi connectivity index (χ1n) is 4.56. The SMILES string of the molecule is Cc1cc(NC(N)=O)cnc1-n1nccn1. The molecule has 2 heterocycles. The van der Waals surface area contributed by atoms with Gasteiger partial charge in [-0.1, -0.05) is 0 Å². The molecule has 3 N–H and O–H groups in total. The molecule has 0 unspecified atom stereocenters. The van der Waals surface area contributed by atoms with Gasteiger partial charge in [-0.25, -0.2) is 9.78 Å². The van der Waals surface area contributed by atoms with Crippen molar-refractivity contribution in [1.29, 1.82) is 0 Å². The molecule has 0 aliphatic rings. The molecule has 7 nitrogen and oxygen atoms in total. The van der Waals surface area contributed by atoms with Crippen LogP contribution in [-0.4, -0.2) is 26.0 Å². The summed E-state index contributed by atoms with van der Waals surface area (Å²) in [6.07, 6.45) is 4.63. The number of nitrogens with zero attached hydrogens (tertiary/aromatic N) is 4. The zero-order valence-corrected chi connectivity index (χ0v) is 8.58. The Labute approximate surface area is 91.3 Å². The van der Waals surface area contributed by atoms with Crippen LogP contribution in [0.25, 0.3) is 5.82 Å². The van der Waals surface area contributed by atoms with E-state index in [0.29, 0.717) is 11.5 Å². The molecular weight excluding hydrogens is 208 g/mol. The van der Waals surface area contributed by atoms with E-state index in [1.54, 1.807) is 18.5 Å². The monoisotopic (exact) mass is 218 g/mol. The van der Waals surface area contributed by atoms with Gasteiger partial charge in [-0.3, -0.25) is 0 Å². The highest BCUT2D eigenvalue weighted by Gasteiger charge is 2.05. The van der Waals surface area contributed by atoms with Gasteiger partial charge in [-0.2, -0.15) is 10.2 Å². The van der Waals surface area contributed by atoms with E-state index in [2.05, 4.69) is 20.5 Å². The number of aromatic nitrogens is 4. The number of rotatable bonds is 2. The largest absolute Gasteiger partial charge is 0.351 e.